The molecular weight excluding hydrogens is 338 g/mol. The summed E-state index contributed by atoms with van der Waals surface area (Å²) in [7, 11) is 0. The number of amides is 1. The maximum Gasteiger partial charge on any atom is 0.305 e. The van der Waals surface area contributed by atoms with Crippen LogP contribution in [-0.2, 0) is 14.3 Å². The first kappa shape index (κ1) is 17.3. The molecule has 1 saturated carbocycles. The summed E-state index contributed by atoms with van der Waals surface area (Å²) in [4.78, 5) is 23.2. The van der Waals surface area contributed by atoms with Gasteiger partial charge in [0.1, 0.15) is 18.0 Å². The Morgan fingerprint density at radius 2 is 2.08 bits per heavy atom. The largest absolute Gasteiger partial charge is 0.487 e. The Morgan fingerprint density at radius 3 is 2.73 bits per heavy atom. The smallest absolute Gasteiger partial charge is 0.305 e. The van der Waals surface area contributed by atoms with Crippen LogP contribution in [0.1, 0.15) is 43.6 Å². The molecule has 3 aliphatic rings. The van der Waals surface area contributed by atoms with Gasteiger partial charge in [0.2, 0.25) is 5.91 Å². The van der Waals surface area contributed by atoms with Gasteiger partial charge in [0, 0.05) is 23.1 Å². The molecule has 7 nitrogen and oxygen atoms in total. The number of carboxylic acid groups (broad SMARTS) is 1. The number of carbonyl (C=O) groups excluding carboxylic acids is 1. The second kappa shape index (κ2) is 6.89. The van der Waals surface area contributed by atoms with Crippen LogP contribution < -0.4 is 10.1 Å². The van der Waals surface area contributed by atoms with E-state index in [2.05, 4.69) is 5.32 Å². The van der Waals surface area contributed by atoms with Crippen molar-refractivity contribution in [3.05, 3.63) is 23.8 Å². The Labute approximate surface area is 151 Å². The summed E-state index contributed by atoms with van der Waals surface area (Å²) in [6, 6.07) is 5.55. The third-order valence-electron chi connectivity index (χ3n) is 5.65. The molecule has 2 fully saturated rings. The van der Waals surface area contributed by atoms with E-state index in [4.69, 9.17) is 14.6 Å². The normalized spacial score (nSPS) is 29.9. The molecule has 1 aromatic carbocycles. The Bertz CT molecular complexity index is 716. The maximum atomic E-state index is 12.2. The summed E-state index contributed by atoms with van der Waals surface area (Å²) in [5.41, 5.74) is 1.67. The second-order valence-corrected chi connectivity index (χ2v) is 7.37. The lowest BCUT2D eigenvalue weighted by atomic mass is 9.83. The number of fused-ring (bicyclic) bond motifs is 3. The minimum atomic E-state index is -0.925. The molecule has 4 rings (SSSR count). The Kier molecular flexibility index (Phi) is 4.58. The van der Waals surface area contributed by atoms with E-state index in [-0.39, 0.29) is 36.9 Å². The van der Waals surface area contributed by atoms with Crippen molar-refractivity contribution in [1.82, 2.24) is 0 Å². The van der Waals surface area contributed by atoms with Gasteiger partial charge in [0.15, 0.2) is 0 Å². The molecule has 1 aromatic rings. The van der Waals surface area contributed by atoms with Gasteiger partial charge >= 0.3 is 5.97 Å². The summed E-state index contributed by atoms with van der Waals surface area (Å²) in [6.07, 6.45) is 2.04. The fourth-order valence-corrected chi connectivity index (χ4v) is 4.08. The van der Waals surface area contributed by atoms with Crippen molar-refractivity contribution < 1.29 is 29.3 Å². The highest BCUT2D eigenvalue weighted by Crippen LogP contribution is 2.47. The number of aliphatic hydroxyl groups is 1. The van der Waals surface area contributed by atoms with E-state index in [0.717, 1.165) is 30.5 Å². The fourth-order valence-electron chi connectivity index (χ4n) is 4.08. The number of hydrogen-bond acceptors (Lipinski definition) is 5. The van der Waals surface area contributed by atoms with Gasteiger partial charge in [-0.1, -0.05) is 6.42 Å². The van der Waals surface area contributed by atoms with Gasteiger partial charge in [-0.25, -0.2) is 0 Å². The predicted molar refractivity (Wildman–Crippen MR) is 92.2 cm³/mol. The number of anilines is 1. The van der Waals surface area contributed by atoms with E-state index in [1.54, 1.807) is 0 Å². The van der Waals surface area contributed by atoms with Gasteiger partial charge in [0.25, 0.3) is 0 Å². The first-order chi connectivity index (χ1) is 12.5. The summed E-state index contributed by atoms with van der Waals surface area (Å²) in [5.74, 6) is -0.115. The molecule has 26 heavy (non-hydrogen) atoms. The number of hydrogen-bond donors (Lipinski definition) is 3. The van der Waals surface area contributed by atoms with E-state index in [0.29, 0.717) is 12.2 Å². The number of benzene rings is 1. The molecule has 0 spiro atoms. The van der Waals surface area contributed by atoms with Gasteiger partial charge in [-0.15, -0.1) is 0 Å². The van der Waals surface area contributed by atoms with Crippen molar-refractivity contribution in [2.75, 3.05) is 11.9 Å². The minimum absolute atomic E-state index is 0.0515. The first-order valence-corrected chi connectivity index (χ1v) is 9.14. The molecule has 7 heteroatoms. The number of rotatable bonds is 5. The van der Waals surface area contributed by atoms with Crippen LogP contribution in [0.15, 0.2) is 18.2 Å². The SMILES string of the molecule is O=C(O)C[C@H]1C[C@H]2c3cc(NC(=O)C4CCC4)ccc3O[C@H]2[C@H](CO)O1. The van der Waals surface area contributed by atoms with Crippen LogP contribution in [0.2, 0.25) is 0 Å². The van der Waals surface area contributed by atoms with Crippen molar-refractivity contribution in [2.24, 2.45) is 5.92 Å². The van der Waals surface area contributed by atoms with Gasteiger partial charge in [-0.05, 0) is 37.5 Å². The first-order valence-electron chi connectivity index (χ1n) is 9.14. The van der Waals surface area contributed by atoms with Crippen LogP contribution in [-0.4, -0.2) is 47.0 Å². The Hall–Kier alpha value is -2.12. The maximum absolute atomic E-state index is 12.2. The summed E-state index contributed by atoms with van der Waals surface area (Å²) in [6.45, 7) is -0.226. The third-order valence-corrected chi connectivity index (χ3v) is 5.65. The Morgan fingerprint density at radius 1 is 1.27 bits per heavy atom. The highest BCUT2D eigenvalue weighted by atomic mass is 16.6. The van der Waals surface area contributed by atoms with Gasteiger partial charge in [-0.3, -0.25) is 9.59 Å². The average Bonchev–Trinajstić information content (AvgIpc) is 2.90. The van der Waals surface area contributed by atoms with E-state index >= 15 is 0 Å². The summed E-state index contributed by atoms with van der Waals surface area (Å²) in [5, 5.41) is 21.7. The predicted octanol–water partition coefficient (Wildman–Crippen LogP) is 1.89. The highest BCUT2D eigenvalue weighted by molar-refractivity contribution is 5.93. The molecule has 0 aromatic heterocycles. The van der Waals surface area contributed by atoms with E-state index in [1.165, 1.54) is 0 Å². The van der Waals surface area contributed by atoms with E-state index in [1.807, 2.05) is 18.2 Å². The number of aliphatic carboxylic acids is 1. The zero-order valence-corrected chi connectivity index (χ0v) is 14.4. The molecule has 1 amide bonds. The third kappa shape index (κ3) is 3.17. The van der Waals surface area contributed by atoms with Crippen molar-refractivity contribution in [2.45, 2.75) is 56.3 Å². The lowest BCUT2D eigenvalue weighted by Crippen LogP contribution is -2.46. The zero-order valence-electron chi connectivity index (χ0n) is 14.4. The molecule has 3 N–H and O–H groups in total. The standard InChI is InChI=1S/C19H23NO6/c21-9-16-18-14(7-12(25-16)8-17(22)23)13-6-11(4-5-15(13)26-18)20-19(24)10-2-1-3-10/h4-6,10,12,14,16,18,21H,1-3,7-9H2,(H,20,24)(H,22,23)/t12-,14+,16+,18-/m1/s1. The van der Waals surface area contributed by atoms with Crippen LogP contribution in [0.3, 0.4) is 0 Å². The van der Waals surface area contributed by atoms with Crippen LogP contribution >= 0.6 is 0 Å². The monoisotopic (exact) mass is 361 g/mol. The lowest BCUT2D eigenvalue weighted by molar-refractivity contribution is -0.153. The molecular formula is C19H23NO6. The molecule has 0 bridgehead atoms. The summed E-state index contributed by atoms with van der Waals surface area (Å²) >= 11 is 0. The van der Waals surface area contributed by atoms with Crippen molar-refractivity contribution >= 4 is 17.6 Å². The van der Waals surface area contributed by atoms with Gasteiger partial charge in [0.05, 0.1) is 19.1 Å². The quantitative estimate of drug-likeness (QED) is 0.740. The number of carboxylic acids is 1. The van der Waals surface area contributed by atoms with E-state index in [9.17, 15) is 14.7 Å². The molecule has 0 radical (unpaired) electrons. The number of nitrogens with one attached hydrogen (secondary N) is 1. The molecule has 1 saturated heterocycles. The molecule has 2 heterocycles. The zero-order chi connectivity index (χ0) is 18.3. The van der Waals surface area contributed by atoms with Crippen LogP contribution in [0.4, 0.5) is 5.69 Å². The number of ether oxygens (including phenoxy) is 2. The van der Waals surface area contributed by atoms with Gasteiger partial charge < -0.3 is 25.0 Å². The van der Waals surface area contributed by atoms with Gasteiger partial charge in [-0.2, -0.15) is 0 Å². The molecule has 140 valence electrons. The fraction of sp³-hybridized carbons (Fsp3) is 0.579. The Balaban J connectivity index is 1.54. The second-order valence-electron chi connectivity index (χ2n) is 7.37. The van der Waals surface area contributed by atoms with Crippen LogP contribution in [0.25, 0.3) is 0 Å². The van der Waals surface area contributed by atoms with Crippen LogP contribution in [0, 0.1) is 5.92 Å². The summed E-state index contributed by atoms with van der Waals surface area (Å²) < 4.78 is 11.7. The molecule has 1 aliphatic carbocycles. The molecule has 0 unspecified atom stereocenters. The average molecular weight is 361 g/mol. The van der Waals surface area contributed by atoms with Crippen LogP contribution in [0.5, 0.6) is 5.75 Å². The molecule has 4 atom stereocenters. The van der Waals surface area contributed by atoms with Crippen molar-refractivity contribution in [3.63, 3.8) is 0 Å². The number of carbonyl (C=O) groups is 2. The van der Waals surface area contributed by atoms with Crippen molar-refractivity contribution in [3.8, 4) is 5.75 Å². The lowest BCUT2D eigenvalue weighted by Gasteiger charge is -2.36. The van der Waals surface area contributed by atoms with E-state index < -0.39 is 18.2 Å². The highest BCUT2D eigenvalue weighted by Gasteiger charge is 2.46. The number of aliphatic hydroxyl groups excluding tert-OH is 1. The topological polar surface area (TPSA) is 105 Å². The minimum Gasteiger partial charge on any atom is -0.487 e. The van der Waals surface area contributed by atoms with Crippen molar-refractivity contribution in [1.29, 1.82) is 0 Å². The molecule has 2 aliphatic heterocycles.